The summed E-state index contributed by atoms with van der Waals surface area (Å²) in [4.78, 5) is 16.6. The molecule has 2 aliphatic heterocycles. The van der Waals surface area contributed by atoms with Gasteiger partial charge in [0.25, 0.3) is 0 Å². The van der Waals surface area contributed by atoms with Gasteiger partial charge in [0.15, 0.2) is 0 Å². The topological polar surface area (TPSA) is 70.8 Å². The van der Waals surface area contributed by atoms with E-state index in [1.807, 2.05) is 16.5 Å². The second kappa shape index (κ2) is 8.09. The lowest BCUT2D eigenvalue weighted by Gasteiger charge is -2.35. The third-order valence-electron chi connectivity index (χ3n) is 5.02. The van der Waals surface area contributed by atoms with Crippen LogP contribution in [0.5, 0.6) is 0 Å². The SMILES string of the molecule is C[C@H]1CN(C(=O)CN2CCC(c3ccnn3CCO)CC2)CCO1. The Morgan fingerprint density at radius 1 is 1.38 bits per heavy atom. The maximum absolute atomic E-state index is 12.4. The number of aliphatic hydroxyl groups is 1. The molecule has 1 atom stereocenters. The monoisotopic (exact) mass is 336 g/mol. The zero-order chi connectivity index (χ0) is 16.9. The normalized spacial score (nSPS) is 23.6. The summed E-state index contributed by atoms with van der Waals surface area (Å²) in [7, 11) is 0. The molecule has 1 aromatic rings. The molecule has 24 heavy (non-hydrogen) atoms. The van der Waals surface area contributed by atoms with E-state index < -0.39 is 0 Å². The second-order valence-electron chi connectivity index (χ2n) is 6.77. The van der Waals surface area contributed by atoms with E-state index >= 15 is 0 Å². The van der Waals surface area contributed by atoms with Crippen molar-refractivity contribution in [3.63, 3.8) is 0 Å². The fourth-order valence-corrected chi connectivity index (χ4v) is 3.69. The summed E-state index contributed by atoms with van der Waals surface area (Å²) < 4.78 is 7.40. The number of hydrogen-bond acceptors (Lipinski definition) is 5. The third-order valence-corrected chi connectivity index (χ3v) is 5.02. The van der Waals surface area contributed by atoms with Crippen molar-refractivity contribution in [1.29, 1.82) is 0 Å². The molecule has 1 aromatic heterocycles. The lowest BCUT2D eigenvalue weighted by Crippen LogP contribution is -2.49. The first-order valence-electron chi connectivity index (χ1n) is 8.91. The van der Waals surface area contributed by atoms with Gasteiger partial charge in [0.05, 0.1) is 32.4 Å². The van der Waals surface area contributed by atoms with Crippen molar-refractivity contribution < 1.29 is 14.6 Å². The van der Waals surface area contributed by atoms with Crippen LogP contribution in [0.25, 0.3) is 0 Å². The van der Waals surface area contributed by atoms with Crippen LogP contribution in [-0.2, 0) is 16.1 Å². The van der Waals surface area contributed by atoms with E-state index in [-0.39, 0.29) is 18.6 Å². The Bertz CT molecular complexity index is 540. The quantitative estimate of drug-likeness (QED) is 0.838. The van der Waals surface area contributed by atoms with Gasteiger partial charge in [0.1, 0.15) is 0 Å². The van der Waals surface area contributed by atoms with Gasteiger partial charge < -0.3 is 14.7 Å². The van der Waals surface area contributed by atoms with Gasteiger partial charge >= 0.3 is 0 Å². The van der Waals surface area contributed by atoms with E-state index in [9.17, 15) is 4.79 Å². The van der Waals surface area contributed by atoms with Gasteiger partial charge in [-0.2, -0.15) is 5.10 Å². The van der Waals surface area contributed by atoms with Crippen LogP contribution in [0, 0.1) is 0 Å². The molecule has 1 amide bonds. The predicted octanol–water partition coefficient (Wildman–Crippen LogP) is 0.302. The van der Waals surface area contributed by atoms with Gasteiger partial charge in [-0.1, -0.05) is 0 Å². The van der Waals surface area contributed by atoms with Crippen LogP contribution in [-0.4, -0.2) is 82.6 Å². The Hall–Kier alpha value is -1.44. The molecule has 2 saturated heterocycles. The molecule has 0 radical (unpaired) electrons. The molecule has 0 saturated carbocycles. The van der Waals surface area contributed by atoms with Crippen LogP contribution in [0.15, 0.2) is 12.3 Å². The van der Waals surface area contributed by atoms with E-state index in [2.05, 4.69) is 16.1 Å². The number of hydrogen-bond donors (Lipinski definition) is 1. The number of nitrogens with zero attached hydrogens (tertiary/aromatic N) is 4. The van der Waals surface area contributed by atoms with Gasteiger partial charge in [-0.3, -0.25) is 14.4 Å². The lowest BCUT2D eigenvalue weighted by atomic mass is 9.93. The highest BCUT2D eigenvalue weighted by molar-refractivity contribution is 5.78. The number of amides is 1. The number of aromatic nitrogens is 2. The number of ether oxygens (including phenoxy) is 1. The molecule has 2 aliphatic rings. The number of likely N-dealkylation sites (tertiary alicyclic amines) is 1. The highest BCUT2D eigenvalue weighted by Gasteiger charge is 2.27. The Morgan fingerprint density at radius 2 is 2.17 bits per heavy atom. The summed E-state index contributed by atoms with van der Waals surface area (Å²) in [5.41, 5.74) is 1.21. The number of carbonyl (C=O) groups excluding carboxylic acids is 1. The highest BCUT2D eigenvalue weighted by Crippen LogP contribution is 2.27. The van der Waals surface area contributed by atoms with Crippen LogP contribution in [0.1, 0.15) is 31.4 Å². The van der Waals surface area contributed by atoms with Crippen molar-refractivity contribution in [3.05, 3.63) is 18.0 Å². The lowest BCUT2D eigenvalue weighted by molar-refractivity contribution is -0.139. The first kappa shape index (κ1) is 17.4. The Morgan fingerprint density at radius 3 is 2.88 bits per heavy atom. The van der Waals surface area contributed by atoms with Gasteiger partial charge in [-0.05, 0) is 38.9 Å². The number of aliphatic hydroxyl groups excluding tert-OH is 1. The zero-order valence-electron chi connectivity index (χ0n) is 14.4. The van der Waals surface area contributed by atoms with Crippen LogP contribution in [0.4, 0.5) is 0 Å². The molecule has 2 fully saturated rings. The van der Waals surface area contributed by atoms with E-state index in [4.69, 9.17) is 9.84 Å². The van der Waals surface area contributed by atoms with Gasteiger partial charge in [-0.15, -0.1) is 0 Å². The fourth-order valence-electron chi connectivity index (χ4n) is 3.69. The van der Waals surface area contributed by atoms with Crippen molar-refractivity contribution >= 4 is 5.91 Å². The first-order chi connectivity index (χ1) is 11.7. The molecule has 0 unspecified atom stereocenters. The Labute approximate surface area is 143 Å². The summed E-state index contributed by atoms with van der Waals surface area (Å²) in [5, 5.41) is 13.4. The van der Waals surface area contributed by atoms with Gasteiger partial charge in [0.2, 0.25) is 5.91 Å². The minimum atomic E-state index is 0.111. The number of rotatable bonds is 5. The zero-order valence-corrected chi connectivity index (χ0v) is 14.4. The number of morpholine rings is 1. The second-order valence-corrected chi connectivity index (χ2v) is 6.77. The summed E-state index contributed by atoms with van der Waals surface area (Å²) in [5.74, 6) is 0.683. The number of carbonyl (C=O) groups is 1. The molecule has 1 N–H and O–H groups in total. The maximum atomic E-state index is 12.4. The molecule has 0 aromatic carbocycles. The van der Waals surface area contributed by atoms with Crippen molar-refractivity contribution in [1.82, 2.24) is 19.6 Å². The van der Waals surface area contributed by atoms with Gasteiger partial charge in [-0.25, -0.2) is 0 Å². The minimum Gasteiger partial charge on any atom is -0.394 e. The van der Waals surface area contributed by atoms with Crippen molar-refractivity contribution in [2.24, 2.45) is 0 Å². The molecular weight excluding hydrogens is 308 g/mol. The van der Waals surface area contributed by atoms with Gasteiger partial charge in [0, 0.05) is 30.9 Å². The minimum absolute atomic E-state index is 0.111. The van der Waals surface area contributed by atoms with E-state index in [1.54, 1.807) is 6.20 Å². The predicted molar refractivity (Wildman–Crippen MR) is 89.7 cm³/mol. The Kier molecular flexibility index (Phi) is 5.86. The maximum Gasteiger partial charge on any atom is 0.236 e. The molecule has 3 heterocycles. The van der Waals surface area contributed by atoms with Crippen molar-refractivity contribution in [2.75, 3.05) is 45.9 Å². The summed E-state index contributed by atoms with van der Waals surface area (Å²) in [6.45, 7) is 7.10. The standard InChI is InChI=1S/C17H28N4O3/c1-14-12-20(9-11-24-14)17(23)13-19-6-3-15(4-7-19)16-2-5-18-21(16)8-10-22/h2,5,14-15,22H,3-4,6-13H2,1H3/t14-/m0/s1. The largest absolute Gasteiger partial charge is 0.394 e. The van der Waals surface area contributed by atoms with Crippen LogP contribution in [0.3, 0.4) is 0 Å². The van der Waals surface area contributed by atoms with Crippen LogP contribution >= 0.6 is 0 Å². The summed E-state index contributed by atoms with van der Waals surface area (Å²) in [6, 6.07) is 2.05. The summed E-state index contributed by atoms with van der Waals surface area (Å²) in [6.07, 6.45) is 4.01. The molecule has 7 nitrogen and oxygen atoms in total. The molecule has 7 heteroatoms. The summed E-state index contributed by atoms with van der Waals surface area (Å²) >= 11 is 0. The van der Waals surface area contributed by atoms with Crippen molar-refractivity contribution in [3.8, 4) is 0 Å². The number of piperidine rings is 1. The molecule has 0 bridgehead atoms. The van der Waals surface area contributed by atoms with E-state index in [0.717, 1.165) is 25.9 Å². The Balaban J connectivity index is 1.48. The average molecular weight is 336 g/mol. The van der Waals surface area contributed by atoms with Crippen molar-refractivity contribution in [2.45, 2.75) is 38.3 Å². The molecule has 3 rings (SSSR count). The van der Waals surface area contributed by atoms with E-state index in [0.29, 0.717) is 38.7 Å². The highest BCUT2D eigenvalue weighted by atomic mass is 16.5. The van der Waals surface area contributed by atoms with Crippen LogP contribution < -0.4 is 0 Å². The molecular formula is C17H28N4O3. The van der Waals surface area contributed by atoms with Crippen LogP contribution in [0.2, 0.25) is 0 Å². The average Bonchev–Trinajstić information content (AvgIpc) is 3.04. The molecule has 134 valence electrons. The molecule has 0 aliphatic carbocycles. The first-order valence-corrected chi connectivity index (χ1v) is 8.91. The molecule has 0 spiro atoms. The van der Waals surface area contributed by atoms with E-state index in [1.165, 1.54) is 5.69 Å². The smallest absolute Gasteiger partial charge is 0.236 e. The fraction of sp³-hybridized carbons (Fsp3) is 0.765. The third kappa shape index (κ3) is 4.15.